The van der Waals surface area contributed by atoms with Crippen molar-refractivity contribution in [2.45, 2.75) is 77.9 Å². The Bertz CT molecular complexity index is 1060. The van der Waals surface area contributed by atoms with Crippen molar-refractivity contribution in [1.29, 1.82) is 0 Å². The third-order valence-corrected chi connectivity index (χ3v) is 5.81. The normalized spacial score (nSPS) is 21.6. The second-order valence-corrected chi connectivity index (χ2v) is 9.13. The molecule has 0 aliphatic carbocycles. The van der Waals surface area contributed by atoms with Gasteiger partial charge in [0.05, 0.1) is 6.33 Å². The zero-order valence-electron chi connectivity index (χ0n) is 20.2. The Morgan fingerprint density at radius 3 is 2.43 bits per heavy atom. The molecule has 1 N–H and O–H groups in total. The molecule has 4 unspecified atom stereocenters. The number of halogens is 1. The van der Waals surface area contributed by atoms with Crippen LogP contribution in [0.5, 0.6) is 0 Å². The van der Waals surface area contributed by atoms with Gasteiger partial charge in [-0.1, -0.05) is 26.2 Å². The lowest BCUT2D eigenvalue weighted by Crippen LogP contribution is -2.40. The van der Waals surface area contributed by atoms with Gasteiger partial charge in [0, 0.05) is 49.9 Å². The highest BCUT2D eigenvalue weighted by molar-refractivity contribution is 14.1. The lowest BCUT2D eigenvalue weighted by molar-refractivity contribution is -0.166. The summed E-state index contributed by atoms with van der Waals surface area (Å²) in [7, 11) is 0. The van der Waals surface area contributed by atoms with Crippen LogP contribution in [0, 0.1) is 3.83 Å². The number of nitrogens with one attached hydrogen (secondary N) is 1. The molecule has 0 spiro atoms. The fraction of sp³-hybridized carbons (Fsp3) is 0.636. The molecule has 2 aromatic rings. The van der Waals surface area contributed by atoms with Gasteiger partial charge in [-0.25, -0.2) is 15.0 Å². The van der Waals surface area contributed by atoms with Crippen molar-refractivity contribution in [2.24, 2.45) is 0 Å². The first kappa shape index (κ1) is 27.0. The van der Waals surface area contributed by atoms with Gasteiger partial charge in [-0.2, -0.15) is 0 Å². The number of fused-ring (bicyclic) bond motifs is 1. The average Bonchev–Trinajstić information content (AvgIpc) is 3.33. The molecule has 12 nitrogen and oxygen atoms in total. The fourth-order valence-electron chi connectivity index (χ4n) is 3.87. The van der Waals surface area contributed by atoms with Crippen LogP contribution in [-0.4, -0.2) is 68.9 Å². The summed E-state index contributed by atoms with van der Waals surface area (Å²) in [6.07, 6.45) is 2.12. The Labute approximate surface area is 216 Å². The van der Waals surface area contributed by atoms with Gasteiger partial charge in [-0.3, -0.25) is 19.0 Å². The van der Waals surface area contributed by atoms with Crippen LogP contribution < -0.4 is 5.32 Å². The molecule has 0 bridgehead atoms. The molecule has 192 valence electrons. The van der Waals surface area contributed by atoms with E-state index in [1.165, 1.54) is 33.5 Å². The molecular weight excluding hydrogens is 573 g/mol. The summed E-state index contributed by atoms with van der Waals surface area (Å²) < 4.78 is 24.2. The first-order valence-corrected chi connectivity index (χ1v) is 12.6. The minimum Gasteiger partial charge on any atom is -0.463 e. The highest BCUT2D eigenvalue weighted by atomic mass is 127. The molecule has 1 aliphatic heterocycles. The number of rotatable bonds is 11. The summed E-state index contributed by atoms with van der Waals surface area (Å²) in [5.41, 5.74) is 0.982. The summed E-state index contributed by atoms with van der Waals surface area (Å²) in [6.45, 7) is 6.46. The van der Waals surface area contributed by atoms with E-state index in [9.17, 15) is 14.4 Å². The third-order valence-electron chi connectivity index (χ3n) is 5.33. The van der Waals surface area contributed by atoms with Gasteiger partial charge in [0.1, 0.15) is 12.7 Å². The Morgan fingerprint density at radius 2 is 1.77 bits per heavy atom. The first-order valence-electron chi connectivity index (χ1n) is 11.5. The topological polar surface area (TPSA) is 144 Å². The first-order chi connectivity index (χ1) is 16.7. The van der Waals surface area contributed by atoms with E-state index in [1.807, 2.05) is 22.6 Å². The van der Waals surface area contributed by atoms with Crippen molar-refractivity contribution in [3.05, 3.63) is 10.2 Å². The molecule has 4 atom stereocenters. The summed E-state index contributed by atoms with van der Waals surface area (Å²) in [4.78, 5) is 48.6. The average molecular weight is 603 g/mol. The zero-order chi connectivity index (χ0) is 25.5. The number of ether oxygens (including phenoxy) is 4. The van der Waals surface area contributed by atoms with Crippen molar-refractivity contribution in [3.63, 3.8) is 0 Å². The number of carbonyl (C=O) groups is 3. The molecule has 0 saturated carbocycles. The van der Waals surface area contributed by atoms with Crippen LogP contribution in [0.2, 0.25) is 0 Å². The molecule has 13 heteroatoms. The smallest absolute Gasteiger partial charge is 0.303 e. The van der Waals surface area contributed by atoms with E-state index in [4.69, 9.17) is 18.9 Å². The monoisotopic (exact) mass is 603 g/mol. The summed E-state index contributed by atoms with van der Waals surface area (Å²) in [5.74, 6) is -1.11. The summed E-state index contributed by atoms with van der Waals surface area (Å²) >= 11 is 2.02. The van der Waals surface area contributed by atoms with Crippen LogP contribution >= 0.6 is 22.6 Å². The number of nitrogens with zero attached hydrogens (tertiary/aromatic N) is 4. The molecule has 1 aliphatic rings. The number of imidazole rings is 1. The number of anilines is 1. The Balaban J connectivity index is 1.94. The molecule has 1 saturated heterocycles. The van der Waals surface area contributed by atoms with Gasteiger partial charge in [0.2, 0.25) is 0 Å². The van der Waals surface area contributed by atoms with Crippen molar-refractivity contribution < 1.29 is 33.3 Å². The summed E-state index contributed by atoms with van der Waals surface area (Å²) in [6, 6.07) is 0. The van der Waals surface area contributed by atoms with Gasteiger partial charge >= 0.3 is 17.9 Å². The maximum Gasteiger partial charge on any atom is 0.303 e. The van der Waals surface area contributed by atoms with Crippen LogP contribution in [0.1, 0.15) is 59.6 Å². The van der Waals surface area contributed by atoms with Crippen LogP contribution in [0.3, 0.4) is 0 Å². The number of unbranched alkanes of at least 4 members (excludes halogenated alkanes) is 3. The lowest BCUT2D eigenvalue weighted by atomic mass is 10.1. The van der Waals surface area contributed by atoms with E-state index in [0.717, 1.165) is 25.8 Å². The molecular formula is C22H30IN5O7. The molecule has 35 heavy (non-hydrogen) atoms. The van der Waals surface area contributed by atoms with Crippen molar-refractivity contribution in [2.75, 3.05) is 18.5 Å². The molecule has 3 heterocycles. The number of aromatic nitrogens is 4. The van der Waals surface area contributed by atoms with E-state index in [0.29, 0.717) is 20.8 Å². The predicted molar refractivity (Wildman–Crippen MR) is 132 cm³/mol. The molecule has 1 fully saturated rings. The van der Waals surface area contributed by atoms with Crippen LogP contribution in [0.25, 0.3) is 11.2 Å². The Morgan fingerprint density at radius 1 is 1.06 bits per heavy atom. The second-order valence-electron chi connectivity index (χ2n) is 8.17. The second kappa shape index (κ2) is 12.4. The van der Waals surface area contributed by atoms with Gasteiger partial charge < -0.3 is 24.3 Å². The van der Waals surface area contributed by atoms with Crippen molar-refractivity contribution >= 4 is 57.5 Å². The zero-order valence-corrected chi connectivity index (χ0v) is 22.3. The Kier molecular flexibility index (Phi) is 9.60. The standard InChI is InChI=1S/C22H30IN5O7/c1-5-6-7-8-9-24-19-16-20(27-22(23)26-19)28(11-25-16)21-18(34-14(4)31)17(33-13(3)30)15(35-21)10-32-12(2)29/h11,15,17-18,21H,5-10H2,1-4H3,(H,24,26,27). The van der Waals surface area contributed by atoms with Crippen LogP contribution in [0.4, 0.5) is 5.82 Å². The highest BCUT2D eigenvalue weighted by Gasteiger charge is 2.51. The fourth-order valence-corrected chi connectivity index (χ4v) is 4.34. The van der Waals surface area contributed by atoms with E-state index in [2.05, 4.69) is 27.2 Å². The van der Waals surface area contributed by atoms with E-state index < -0.39 is 42.4 Å². The van der Waals surface area contributed by atoms with Gasteiger partial charge in [0.25, 0.3) is 0 Å². The van der Waals surface area contributed by atoms with E-state index in [-0.39, 0.29) is 6.61 Å². The number of carbonyl (C=O) groups excluding carboxylic acids is 3. The van der Waals surface area contributed by atoms with Crippen molar-refractivity contribution in [1.82, 2.24) is 19.5 Å². The quantitative estimate of drug-likeness (QED) is 0.133. The molecule has 3 rings (SSSR count). The lowest BCUT2D eigenvalue weighted by Gasteiger charge is -2.23. The minimum atomic E-state index is -1.02. The number of hydrogen-bond acceptors (Lipinski definition) is 11. The number of hydrogen-bond donors (Lipinski definition) is 1. The summed E-state index contributed by atoms with van der Waals surface area (Å²) in [5, 5.41) is 3.33. The maximum absolute atomic E-state index is 11.9. The van der Waals surface area contributed by atoms with Gasteiger partial charge in [-0.05, 0) is 6.42 Å². The maximum atomic E-state index is 11.9. The van der Waals surface area contributed by atoms with Gasteiger partial charge in [0.15, 0.2) is 39.2 Å². The van der Waals surface area contributed by atoms with E-state index >= 15 is 0 Å². The molecule has 0 radical (unpaired) electrons. The predicted octanol–water partition coefficient (Wildman–Crippen LogP) is 2.75. The number of esters is 3. The molecule has 2 aromatic heterocycles. The van der Waals surface area contributed by atoms with E-state index in [1.54, 1.807) is 4.57 Å². The Hall–Kier alpha value is -2.55. The SMILES string of the molecule is CCCCCCNc1nc(I)nc2c1ncn2C1OC(COC(C)=O)C(OC(C)=O)C1OC(C)=O. The molecule has 0 aromatic carbocycles. The van der Waals surface area contributed by atoms with Crippen LogP contribution in [-0.2, 0) is 33.3 Å². The van der Waals surface area contributed by atoms with Crippen molar-refractivity contribution in [3.8, 4) is 0 Å². The van der Waals surface area contributed by atoms with Crippen LogP contribution in [0.15, 0.2) is 6.33 Å². The largest absolute Gasteiger partial charge is 0.463 e. The minimum absolute atomic E-state index is 0.189. The van der Waals surface area contributed by atoms with Gasteiger partial charge in [-0.15, -0.1) is 0 Å². The highest BCUT2D eigenvalue weighted by Crippen LogP contribution is 2.36. The molecule has 0 amide bonds. The third kappa shape index (κ3) is 6.99.